The number of nitrogens with zero attached hydrogens (tertiary/aromatic N) is 4. The van der Waals surface area contributed by atoms with E-state index in [1.807, 2.05) is 18.2 Å². The summed E-state index contributed by atoms with van der Waals surface area (Å²) in [5, 5.41) is 13.5. The van der Waals surface area contributed by atoms with Crippen LogP contribution >= 0.6 is 0 Å². The molecule has 2 aromatic heterocycles. The second-order valence-electron chi connectivity index (χ2n) is 6.42. The fourth-order valence-electron chi connectivity index (χ4n) is 3.58. The standard InChI is InChI=1S/C19H16FN5O/c20-14-3-1-2-13(7-14)17-6-12(9-21)11-24(17)15-4-5-25-18(8-15)16(10-23-25)19(22)26/h1-5,7-8,10,12,17H,6,11H2,(H2,22,26)/t12-,17?/m1/s1. The van der Waals surface area contributed by atoms with Crippen LogP contribution in [-0.2, 0) is 0 Å². The lowest BCUT2D eigenvalue weighted by Gasteiger charge is -2.27. The number of primary amides is 1. The molecule has 6 nitrogen and oxygen atoms in total. The number of halogens is 1. The Hall–Kier alpha value is -3.40. The lowest BCUT2D eigenvalue weighted by molar-refractivity contribution is 0.100. The smallest absolute Gasteiger partial charge is 0.252 e. The highest BCUT2D eigenvalue weighted by molar-refractivity contribution is 5.99. The van der Waals surface area contributed by atoms with E-state index in [4.69, 9.17) is 5.73 Å². The first-order valence-corrected chi connectivity index (χ1v) is 8.25. The fourth-order valence-corrected chi connectivity index (χ4v) is 3.58. The first-order chi connectivity index (χ1) is 12.6. The highest BCUT2D eigenvalue weighted by Crippen LogP contribution is 2.39. The number of rotatable bonds is 3. The Morgan fingerprint density at radius 1 is 1.35 bits per heavy atom. The van der Waals surface area contributed by atoms with Crippen LogP contribution in [0, 0.1) is 23.1 Å². The van der Waals surface area contributed by atoms with Gasteiger partial charge in [0.15, 0.2) is 0 Å². The van der Waals surface area contributed by atoms with E-state index in [1.165, 1.54) is 18.3 Å². The van der Waals surface area contributed by atoms with Crippen LogP contribution in [0.2, 0.25) is 0 Å². The van der Waals surface area contributed by atoms with Crippen LogP contribution in [0.5, 0.6) is 0 Å². The molecule has 1 fully saturated rings. The molecule has 1 aromatic carbocycles. The van der Waals surface area contributed by atoms with Crippen molar-refractivity contribution in [1.82, 2.24) is 9.61 Å². The van der Waals surface area contributed by atoms with Crippen LogP contribution < -0.4 is 10.6 Å². The maximum absolute atomic E-state index is 13.7. The molecule has 1 unspecified atom stereocenters. The third-order valence-electron chi connectivity index (χ3n) is 4.82. The molecule has 130 valence electrons. The Kier molecular flexibility index (Phi) is 3.81. The van der Waals surface area contributed by atoms with Gasteiger partial charge in [-0.05, 0) is 36.2 Å². The average molecular weight is 349 g/mol. The zero-order valence-corrected chi connectivity index (χ0v) is 13.8. The minimum Gasteiger partial charge on any atom is -0.365 e. The number of fused-ring (bicyclic) bond motifs is 1. The summed E-state index contributed by atoms with van der Waals surface area (Å²) in [6.07, 6.45) is 3.81. The van der Waals surface area contributed by atoms with E-state index in [-0.39, 0.29) is 17.8 Å². The molecule has 2 N–H and O–H groups in total. The van der Waals surface area contributed by atoms with E-state index < -0.39 is 5.91 Å². The zero-order valence-electron chi connectivity index (χ0n) is 13.8. The largest absolute Gasteiger partial charge is 0.365 e. The van der Waals surface area contributed by atoms with E-state index in [1.54, 1.807) is 16.8 Å². The Labute approximate surface area is 149 Å². The minimum atomic E-state index is -0.546. The summed E-state index contributed by atoms with van der Waals surface area (Å²) in [7, 11) is 0. The summed E-state index contributed by atoms with van der Waals surface area (Å²) >= 11 is 0. The molecular weight excluding hydrogens is 333 g/mol. The SMILES string of the molecule is N#C[C@H]1CC(c2cccc(F)c2)N(c2ccn3ncc(C(N)=O)c3c2)C1. The molecule has 1 aliphatic rings. The van der Waals surface area contributed by atoms with Crippen LogP contribution in [0.1, 0.15) is 28.4 Å². The Bertz CT molecular complexity index is 1040. The molecular formula is C19H16FN5O. The average Bonchev–Trinajstić information content (AvgIpc) is 3.25. The summed E-state index contributed by atoms with van der Waals surface area (Å²) in [5.41, 5.74) is 8.02. The molecule has 0 spiro atoms. The molecule has 26 heavy (non-hydrogen) atoms. The number of anilines is 1. The minimum absolute atomic E-state index is 0.113. The first kappa shape index (κ1) is 16.1. The van der Waals surface area contributed by atoms with Gasteiger partial charge in [0.2, 0.25) is 0 Å². The third kappa shape index (κ3) is 2.65. The lowest BCUT2D eigenvalue weighted by Crippen LogP contribution is -2.23. The summed E-state index contributed by atoms with van der Waals surface area (Å²) in [5.74, 6) is -1.000. The van der Waals surface area contributed by atoms with Crippen molar-refractivity contribution in [2.45, 2.75) is 12.5 Å². The van der Waals surface area contributed by atoms with Crippen LogP contribution in [-0.4, -0.2) is 22.1 Å². The van der Waals surface area contributed by atoms with E-state index in [2.05, 4.69) is 16.1 Å². The summed E-state index contributed by atoms with van der Waals surface area (Å²) < 4.78 is 15.3. The molecule has 0 aliphatic carbocycles. The Morgan fingerprint density at radius 2 is 2.19 bits per heavy atom. The number of aromatic nitrogens is 2. The summed E-state index contributed by atoms with van der Waals surface area (Å²) in [4.78, 5) is 13.7. The number of hydrogen-bond acceptors (Lipinski definition) is 4. The number of nitrogens with two attached hydrogens (primary N) is 1. The predicted molar refractivity (Wildman–Crippen MR) is 93.9 cm³/mol. The first-order valence-electron chi connectivity index (χ1n) is 8.25. The van der Waals surface area contributed by atoms with Gasteiger partial charge in [-0.25, -0.2) is 8.91 Å². The number of carbonyl (C=O) groups excluding carboxylic acids is 1. The molecule has 1 aliphatic heterocycles. The number of benzene rings is 1. The Balaban J connectivity index is 1.79. The predicted octanol–water partition coefficient (Wildman–Crippen LogP) is 2.66. The van der Waals surface area contributed by atoms with Crippen molar-refractivity contribution >= 4 is 17.1 Å². The molecule has 1 saturated heterocycles. The van der Waals surface area contributed by atoms with Gasteiger partial charge >= 0.3 is 0 Å². The highest BCUT2D eigenvalue weighted by atomic mass is 19.1. The van der Waals surface area contributed by atoms with Crippen molar-refractivity contribution in [3.05, 3.63) is 65.7 Å². The maximum atomic E-state index is 13.7. The van der Waals surface area contributed by atoms with E-state index >= 15 is 0 Å². The summed E-state index contributed by atoms with van der Waals surface area (Å²) in [6, 6.07) is 12.4. The van der Waals surface area contributed by atoms with Crippen molar-refractivity contribution < 1.29 is 9.18 Å². The van der Waals surface area contributed by atoms with Gasteiger partial charge in [0.25, 0.3) is 5.91 Å². The normalized spacial score (nSPS) is 19.6. The van der Waals surface area contributed by atoms with Crippen LogP contribution in [0.15, 0.2) is 48.8 Å². The van der Waals surface area contributed by atoms with Crippen molar-refractivity contribution in [3.8, 4) is 6.07 Å². The quantitative estimate of drug-likeness (QED) is 0.787. The molecule has 1 amide bonds. The number of carbonyl (C=O) groups is 1. The van der Waals surface area contributed by atoms with Gasteiger partial charge in [0.05, 0.1) is 35.3 Å². The van der Waals surface area contributed by atoms with Gasteiger partial charge in [-0.1, -0.05) is 12.1 Å². The number of pyridine rings is 1. The van der Waals surface area contributed by atoms with Gasteiger partial charge in [-0.2, -0.15) is 10.4 Å². The van der Waals surface area contributed by atoms with Crippen molar-refractivity contribution in [1.29, 1.82) is 5.26 Å². The molecule has 3 aromatic rings. The molecule has 7 heteroatoms. The Morgan fingerprint density at radius 3 is 2.92 bits per heavy atom. The zero-order chi connectivity index (χ0) is 18.3. The van der Waals surface area contributed by atoms with E-state index in [0.29, 0.717) is 24.0 Å². The second-order valence-corrected chi connectivity index (χ2v) is 6.42. The molecule has 4 rings (SSSR count). The third-order valence-corrected chi connectivity index (χ3v) is 4.82. The van der Waals surface area contributed by atoms with E-state index in [9.17, 15) is 14.4 Å². The molecule has 0 saturated carbocycles. The topological polar surface area (TPSA) is 87.4 Å². The highest BCUT2D eigenvalue weighted by Gasteiger charge is 2.33. The van der Waals surface area contributed by atoms with Crippen molar-refractivity contribution in [3.63, 3.8) is 0 Å². The monoisotopic (exact) mass is 349 g/mol. The fraction of sp³-hybridized carbons (Fsp3) is 0.211. The van der Waals surface area contributed by atoms with Crippen molar-refractivity contribution in [2.24, 2.45) is 11.7 Å². The second kappa shape index (κ2) is 6.15. The van der Waals surface area contributed by atoms with Gasteiger partial charge in [0.1, 0.15) is 5.82 Å². The van der Waals surface area contributed by atoms with Gasteiger partial charge in [0, 0.05) is 18.4 Å². The van der Waals surface area contributed by atoms with Gasteiger partial charge in [-0.3, -0.25) is 4.79 Å². The number of nitriles is 1. The molecule has 2 atom stereocenters. The van der Waals surface area contributed by atoms with Crippen LogP contribution in [0.3, 0.4) is 0 Å². The van der Waals surface area contributed by atoms with Crippen LogP contribution in [0.4, 0.5) is 10.1 Å². The molecule has 0 radical (unpaired) electrons. The van der Waals surface area contributed by atoms with Crippen molar-refractivity contribution in [2.75, 3.05) is 11.4 Å². The lowest BCUT2D eigenvalue weighted by atomic mass is 10.0. The van der Waals surface area contributed by atoms with Crippen LogP contribution in [0.25, 0.3) is 5.52 Å². The molecule has 3 heterocycles. The van der Waals surface area contributed by atoms with Gasteiger partial charge < -0.3 is 10.6 Å². The molecule has 0 bridgehead atoms. The summed E-state index contributed by atoms with van der Waals surface area (Å²) in [6.45, 7) is 0.536. The van der Waals surface area contributed by atoms with E-state index in [0.717, 1.165) is 11.3 Å². The maximum Gasteiger partial charge on any atom is 0.252 e. The number of hydrogen-bond donors (Lipinski definition) is 1. The number of amides is 1. The van der Waals surface area contributed by atoms with Gasteiger partial charge in [-0.15, -0.1) is 0 Å².